The van der Waals surface area contributed by atoms with Crippen LogP contribution in [-0.2, 0) is 18.3 Å². The summed E-state index contributed by atoms with van der Waals surface area (Å²) in [4.78, 5) is 42.0. The van der Waals surface area contributed by atoms with Gasteiger partial charge in [-0.3, -0.25) is 9.36 Å². The van der Waals surface area contributed by atoms with Gasteiger partial charge in [0.2, 0.25) is 0 Å². The van der Waals surface area contributed by atoms with Crippen molar-refractivity contribution in [2.24, 2.45) is 4.99 Å². The van der Waals surface area contributed by atoms with Gasteiger partial charge in [-0.1, -0.05) is 52.9 Å². The number of amides is 1. The Morgan fingerprint density at radius 1 is 1.21 bits per heavy atom. The second-order valence-electron chi connectivity index (χ2n) is 12.1. The summed E-state index contributed by atoms with van der Waals surface area (Å²) in [6.07, 6.45) is -0.465. The minimum atomic E-state index is -2.92. The van der Waals surface area contributed by atoms with Gasteiger partial charge in [0.15, 0.2) is 18.0 Å². The average Bonchev–Trinajstić information content (AvgIpc) is 3.31. The molecule has 12 nitrogen and oxygen atoms in total. The van der Waals surface area contributed by atoms with Crippen molar-refractivity contribution >= 4 is 48.6 Å². The predicted octanol–water partition coefficient (Wildman–Crippen LogP) is 3.50. The highest BCUT2D eigenvalue weighted by Crippen LogP contribution is 2.56. The molecule has 38 heavy (non-hydrogen) atoms. The van der Waals surface area contributed by atoms with Crippen LogP contribution in [0.25, 0.3) is 10.3 Å². The van der Waals surface area contributed by atoms with E-state index in [0.29, 0.717) is 10.3 Å². The maximum Gasteiger partial charge on any atom is 0.409 e. The summed E-state index contributed by atoms with van der Waals surface area (Å²) < 4.78 is 27.8. The number of carbonyl (C=O) groups excluding carboxylic acids is 1. The molecule has 0 bridgehead atoms. The molecule has 4 atom stereocenters. The molecule has 2 fully saturated rings. The number of ether oxygens (including phenoxy) is 2. The Morgan fingerprint density at radius 2 is 1.87 bits per heavy atom. The SMILES string of the molecule is CN(C)/C=N\c1ncc2sc(=O)n([C@@H]3O[C@@H]4CO[Si](C(C)(C)C)(C(C)(C)C)O[C@@H]4[C@H]3OC(=O)N(C)C)c2n1. The van der Waals surface area contributed by atoms with Crippen LogP contribution in [0.15, 0.2) is 16.0 Å². The van der Waals surface area contributed by atoms with Crippen LogP contribution in [0.5, 0.6) is 0 Å². The normalized spacial score (nSPS) is 25.5. The highest BCUT2D eigenvalue weighted by molar-refractivity contribution is 7.16. The highest BCUT2D eigenvalue weighted by atomic mass is 32.1. The van der Waals surface area contributed by atoms with Gasteiger partial charge < -0.3 is 28.1 Å². The monoisotopic (exact) mass is 566 g/mol. The van der Waals surface area contributed by atoms with E-state index in [-0.39, 0.29) is 27.5 Å². The van der Waals surface area contributed by atoms with Crippen molar-refractivity contribution in [2.75, 3.05) is 34.8 Å². The molecule has 2 aliphatic heterocycles. The average molecular weight is 567 g/mol. The fourth-order valence-corrected chi connectivity index (χ4v) is 10.9. The smallest absolute Gasteiger partial charge is 0.409 e. The molecule has 0 unspecified atom stereocenters. The Labute approximate surface area is 227 Å². The molecule has 0 radical (unpaired) electrons. The molecule has 2 aromatic heterocycles. The zero-order valence-electron chi connectivity index (χ0n) is 23.7. The Bertz CT molecular complexity index is 1270. The first-order chi connectivity index (χ1) is 17.6. The Morgan fingerprint density at radius 3 is 2.45 bits per heavy atom. The standard InChI is InChI=1S/C24H38N6O6SSi/c1-23(2,3)38(24(4,5)6)33-12-14-16(36-38)17(35-21(31)29(9)10)19(34-14)30-18-15(37-22(30)32)11-25-20(27-18)26-13-28(7)8/h11,13-14,16-17,19H,12H2,1-10H3/b26-13-/t14-,16+,17-,19-/m1/s1. The number of aliphatic imine (C=N–C) groups is 1. The molecular formula is C24H38N6O6SSi. The largest absolute Gasteiger partial charge is 0.438 e. The van der Waals surface area contributed by atoms with Crippen LogP contribution in [0.1, 0.15) is 47.8 Å². The Hall–Kier alpha value is -2.39. The van der Waals surface area contributed by atoms with Gasteiger partial charge in [0, 0.05) is 38.3 Å². The third-order valence-corrected chi connectivity index (χ3v) is 12.6. The predicted molar refractivity (Wildman–Crippen MR) is 147 cm³/mol. The van der Waals surface area contributed by atoms with E-state index in [0.717, 1.165) is 11.3 Å². The van der Waals surface area contributed by atoms with Crippen molar-refractivity contribution in [1.82, 2.24) is 24.3 Å². The summed E-state index contributed by atoms with van der Waals surface area (Å²) in [5.74, 6) is 0.196. The van der Waals surface area contributed by atoms with E-state index in [2.05, 4.69) is 56.5 Å². The van der Waals surface area contributed by atoms with E-state index in [9.17, 15) is 9.59 Å². The number of rotatable bonds is 4. The lowest BCUT2D eigenvalue weighted by Gasteiger charge is -2.53. The first-order valence-corrected chi connectivity index (χ1v) is 15.1. The Balaban J connectivity index is 1.82. The van der Waals surface area contributed by atoms with Gasteiger partial charge in [0.05, 0.1) is 23.8 Å². The summed E-state index contributed by atoms with van der Waals surface area (Å²) in [7, 11) is 3.95. The van der Waals surface area contributed by atoms with E-state index in [1.54, 1.807) is 31.5 Å². The molecule has 4 heterocycles. The molecule has 0 aromatic carbocycles. The number of hydrogen-bond donors (Lipinski definition) is 0. The lowest BCUT2D eigenvalue weighted by atomic mass is 10.1. The quantitative estimate of drug-likeness (QED) is 0.311. The molecule has 2 aromatic rings. The molecule has 1 amide bonds. The van der Waals surface area contributed by atoms with Crippen molar-refractivity contribution < 1.29 is 23.1 Å². The van der Waals surface area contributed by atoms with Crippen LogP contribution in [0, 0.1) is 0 Å². The maximum absolute atomic E-state index is 13.3. The topological polar surface area (TPSA) is 121 Å². The molecule has 0 N–H and O–H groups in total. The van der Waals surface area contributed by atoms with Crippen molar-refractivity contribution in [1.29, 1.82) is 0 Å². The van der Waals surface area contributed by atoms with Crippen LogP contribution in [0.2, 0.25) is 10.1 Å². The first kappa shape index (κ1) is 28.6. The fraction of sp³-hybridized carbons (Fsp3) is 0.708. The molecule has 0 aliphatic carbocycles. The Kier molecular flexibility index (Phi) is 7.51. The van der Waals surface area contributed by atoms with Gasteiger partial charge in [-0.2, -0.15) is 4.98 Å². The molecule has 210 valence electrons. The molecule has 4 rings (SSSR count). The zero-order valence-corrected chi connectivity index (χ0v) is 25.5. The number of fused-ring (bicyclic) bond motifs is 2. The van der Waals surface area contributed by atoms with E-state index >= 15 is 0 Å². The number of carbonyl (C=O) groups is 1. The zero-order chi connectivity index (χ0) is 28.2. The van der Waals surface area contributed by atoms with Gasteiger partial charge in [-0.25, -0.2) is 14.8 Å². The van der Waals surface area contributed by atoms with Crippen LogP contribution in [-0.4, -0.2) is 98.4 Å². The summed E-state index contributed by atoms with van der Waals surface area (Å²) in [6, 6.07) is 0. The minimum absolute atomic E-state index is 0.196. The fourth-order valence-electron chi connectivity index (χ4n) is 5.16. The lowest BCUT2D eigenvalue weighted by molar-refractivity contribution is -0.0798. The van der Waals surface area contributed by atoms with E-state index in [1.807, 2.05) is 14.1 Å². The minimum Gasteiger partial charge on any atom is -0.438 e. The molecule has 2 aliphatic rings. The van der Waals surface area contributed by atoms with E-state index < -0.39 is 39.2 Å². The van der Waals surface area contributed by atoms with Gasteiger partial charge >= 0.3 is 19.5 Å². The van der Waals surface area contributed by atoms with E-state index in [1.165, 1.54) is 9.47 Å². The third-order valence-electron chi connectivity index (χ3n) is 6.62. The second-order valence-corrected chi connectivity index (χ2v) is 17.9. The van der Waals surface area contributed by atoms with Gasteiger partial charge in [-0.15, -0.1) is 0 Å². The molecule has 0 spiro atoms. The van der Waals surface area contributed by atoms with Crippen LogP contribution < -0.4 is 4.87 Å². The number of thiazole rings is 1. The summed E-state index contributed by atoms with van der Waals surface area (Å²) in [5.41, 5.74) is 0.353. The summed E-state index contributed by atoms with van der Waals surface area (Å²) >= 11 is 0.993. The number of hydrogen-bond acceptors (Lipinski definition) is 10. The van der Waals surface area contributed by atoms with Crippen LogP contribution in [0.3, 0.4) is 0 Å². The molecular weight excluding hydrogens is 528 g/mol. The first-order valence-electron chi connectivity index (χ1n) is 12.5. The van der Waals surface area contributed by atoms with Crippen molar-refractivity contribution in [3.8, 4) is 0 Å². The molecule has 0 saturated carbocycles. The summed E-state index contributed by atoms with van der Waals surface area (Å²) in [6.45, 7) is 12.9. The second kappa shape index (κ2) is 9.97. The van der Waals surface area contributed by atoms with Crippen LogP contribution >= 0.6 is 11.3 Å². The third kappa shape index (κ3) is 4.99. The van der Waals surface area contributed by atoms with Gasteiger partial charge in [-0.05, 0) is 0 Å². The number of nitrogens with zero attached hydrogens (tertiary/aromatic N) is 6. The maximum atomic E-state index is 13.3. The van der Waals surface area contributed by atoms with Gasteiger partial charge in [0.1, 0.15) is 12.2 Å². The number of aromatic nitrogens is 3. The van der Waals surface area contributed by atoms with Gasteiger partial charge in [0.25, 0.3) is 5.95 Å². The lowest BCUT2D eigenvalue weighted by Crippen LogP contribution is -2.65. The summed E-state index contributed by atoms with van der Waals surface area (Å²) in [5, 5.41) is -0.578. The molecule has 14 heteroatoms. The van der Waals surface area contributed by atoms with E-state index in [4.69, 9.17) is 18.3 Å². The van der Waals surface area contributed by atoms with Crippen molar-refractivity contribution in [2.45, 2.75) is 76.2 Å². The molecule has 2 saturated heterocycles. The van der Waals surface area contributed by atoms with Crippen molar-refractivity contribution in [3.63, 3.8) is 0 Å². The van der Waals surface area contributed by atoms with Crippen LogP contribution in [0.4, 0.5) is 10.7 Å². The van der Waals surface area contributed by atoms with Crippen molar-refractivity contribution in [3.05, 3.63) is 15.9 Å². The highest BCUT2D eigenvalue weighted by Gasteiger charge is 2.66.